The lowest BCUT2D eigenvalue weighted by atomic mass is 10.0. The predicted molar refractivity (Wildman–Crippen MR) is 168 cm³/mol. The van der Waals surface area contributed by atoms with Gasteiger partial charge >= 0.3 is 11.9 Å². The Balaban J connectivity index is 3.40. The van der Waals surface area contributed by atoms with Crippen molar-refractivity contribution in [2.45, 2.75) is 194 Å². The van der Waals surface area contributed by atoms with Crippen molar-refractivity contribution in [2.24, 2.45) is 5.92 Å². The van der Waals surface area contributed by atoms with Crippen LogP contribution in [0.25, 0.3) is 0 Å². The number of carbonyl (C=O) groups is 2. The van der Waals surface area contributed by atoms with Gasteiger partial charge < -0.3 is 14.6 Å². The van der Waals surface area contributed by atoms with Crippen molar-refractivity contribution in [3.8, 4) is 0 Å². The Morgan fingerprint density at radius 2 is 0.800 bits per heavy atom. The lowest BCUT2D eigenvalue weighted by molar-refractivity contribution is -0.152. The van der Waals surface area contributed by atoms with Gasteiger partial charge in [0, 0.05) is 12.8 Å². The van der Waals surface area contributed by atoms with Crippen molar-refractivity contribution in [3.63, 3.8) is 0 Å². The molecule has 0 aliphatic carbocycles. The van der Waals surface area contributed by atoms with E-state index < -0.39 is 6.10 Å². The van der Waals surface area contributed by atoms with Crippen LogP contribution < -0.4 is 0 Å². The molecule has 1 atom stereocenters. The largest absolute Gasteiger partial charge is 0.463 e. The van der Waals surface area contributed by atoms with Gasteiger partial charge in [-0.3, -0.25) is 9.59 Å². The third-order valence-corrected chi connectivity index (χ3v) is 7.77. The van der Waals surface area contributed by atoms with Crippen LogP contribution in [0.3, 0.4) is 0 Å². The molecular formula is C35H68O5. The molecule has 0 fully saturated rings. The van der Waals surface area contributed by atoms with Crippen LogP contribution in [-0.2, 0) is 19.1 Å². The van der Waals surface area contributed by atoms with Gasteiger partial charge in [-0.05, 0) is 18.8 Å². The number of esters is 2. The number of hydrogen-bond acceptors (Lipinski definition) is 5. The molecule has 0 spiro atoms. The van der Waals surface area contributed by atoms with E-state index in [0.717, 1.165) is 31.6 Å². The molecule has 5 nitrogen and oxygen atoms in total. The summed E-state index contributed by atoms with van der Waals surface area (Å²) >= 11 is 0. The smallest absolute Gasteiger partial charge is 0.305 e. The number of rotatable bonds is 31. The number of aliphatic hydroxyl groups excluding tert-OH is 1. The zero-order valence-corrected chi connectivity index (χ0v) is 27.0. The van der Waals surface area contributed by atoms with Crippen molar-refractivity contribution in [3.05, 3.63) is 0 Å². The fourth-order valence-corrected chi connectivity index (χ4v) is 5.09. The Kier molecular flexibility index (Phi) is 30.0. The summed E-state index contributed by atoms with van der Waals surface area (Å²) in [5, 5.41) is 9.96. The third kappa shape index (κ3) is 31.4. The minimum Gasteiger partial charge on any atom is -0.463 e. The summed E-state index contributed by atoms with van der Waals surface area (Å²) in [6.45, 7) is 6.64. The monoisotopic (exact) mass is 569 g/mol. The van der Waals surface area contributed by atoms with E-state index in [2.05, 4.69) is 20.8 Å². The van der Waals surface area contributed by atoms with Gasteiger partial charge in [0.15, 0.2) is 0 Å². The van der Waals surface area contributed by atoms with Gasteiger partial charge in [-0.15, -0.1) is 0 Å². The summed E-state index contributed by atoms with van der Waals surface area (Å²) in [7, 11) is 0. The van der Waals surface area contributed by atoms with Crippen LogP contribution in [0.2, 0.25) is 0 Å². The highest BCUT2D eigenvalue weighted by Gasteiger charge is 2.12. The maximum absolute atomic E-state index is 11.9. The summed E-state index contributed by atoms with van der Waals surface area (Å²) in [5.41, 5.74) is 0. The topological polar surface area (TPSA) is 72.8 Å². The SMILES string of the molecule is CCCCCCCCCCCCCC(=O)OC[C@H](O)COC(=O)CCCCCCCCCCCCCCC(C)C. The van der Waals surface area contributed by atoms with Crippen molar-refractivity contribution in [2.75, 3.05) is 13.2 Å². The summed E-state index contributed by atoms with van der Waals surface area (Å²) < 4.78 is 10.3. The normalized spacial score (nSPS) is 12.1. The van der Waals surface area contributed by atoms with E-state index in [1.54, 1.807) is 0 Å². The highest BCUT2D eigenvalue weighted by atomic mass is 16.6. The van der Waals surface area contributed by atoms with Gasteiger partial charge in [-0.2, -0.15) is 0 Å². The fourth-order valence-electron chi connectivity index (χ4n) is 5.09. The van der Waals surface area contributed by atoms with Crippen LogP contribution in [0.5, 0.6) is 0 Å². The molecule has 0 rings (SSSR count). The number of aliphatic hydroxyl groups is 1. The third-order valence-electron chi connectivity index (χ3n) is 7.77. The molecule has 0 saturated heterocycles. The first-order valence-corrected chi connectivity index (χ1v) is 17.4. The van der Waals surface area contributed by atoms with E-state index in [0.29, 0.717) is 12.8 Å². The number of unbranched alkanes of at least 4 members (excludes halogenated alkanes) is 21. The molecule has 0 aromatic carbocycles. The zero-order valence-electron chi connectivity index (χ0n) is 27.0. The van der Waals surface area contributed by atoms with Crippen LogP contribution in [0.4, 0.5) is 0 Å². The van der Waals surface area contributed by atoms with Gasteiger partial charge in [0.25, 0.3) is 0 Å². The molecule has 0 bridgehead atoms. The quantitative estimate of drug-likeness (QED) is 0.0665. The molecular weight excluding hydrogens is 500 g/mol. The minimum absolute atomic E-state index is 0.109. The minimum atomic E-state index is -0.953. The Hall–Kier alpha value is -1.10. The lowest BCUT2D eigenvalue weighted by Crippen LogP contribution is -2.25. The first kappa shape index (κ1) is 38.9. The van der Waals surface area contributed by atoms with Crippen LogP contribution >= 0.6 is 0 Å². The molecule has 1 N–H and O–H groups in total. The second-order valence-corrected chi connectivity index (χ2v) is 12.5. The average Bonchev–Trinajstić information content (AvgIpc) is 2.93. The van der Waals surface area contributed by atoms with E-state index in [1.807, 2.05) is 0 Å². The van der Waals surface area contributed by atoms with E-state index in [4.69, 9.17) is 9.47 Å². The Morgan fingerprint density at radius 1 is 0.500 bits per heavy atom. The van der Waals surface area contributed by atoms with Crippen LogP contribution in [0, 0.1) is 5.92 Å². The summed E-state index contributed by atoms with van der Waals surface area (Å²) in [6.07, 6.45) is 30.1. The van der Waals surface area contributed by atoms with Gasteiger partial charge in [-0.25, -0.2) is 0 Å². The van der Waals surface area contributed by atoms with Crippen molar-refractivity contribution in [1.29, 1.82) is 0 Å². The molecule has 0 saturated carbocycles. The molecule has 5 heteroatoms. The van der Waals surface area contributed by atoms with E-state index in [-0.39, 0.29) is 25.2 Å². The highest BCUT2D eigenvalue weighted by molar-refractivity contribution is 5.69. The molecule has 0 radical (unpaired) electrons. The molecule has 0 aliphatic heterocycles. The van der Waals surface area contributed by atoms with Crippen molar-refractivity contribution in [1.82, 2.24) is 0 Å². The maximum Gasteiger partial charge on any atom is 0.305 e. The molecule has 238 valence electrons. The first-order chi connectivity index (χ1) is 19.5. The summed E-state index contributed by atoms with van der Waals surface area (Å²) in [4.78, 5) is 23.8. The van der Waals surface area contributed by atoms with E-state index in [1.165, 1.54) is 128 Å². The van der Waals surface area contributed by atoms with Gasteiger partial charge in [0.1, 0.15) is 19.3 Å². The van der Waals surface area contributed by atoms with E-state index in [9.17, 15) is 14.7 Å². The maximum atomic E-state index is 11.9. The number of carbonyl (C=O) groups excluding carboxylic acids is 2. The molecule has 0 aliphatic rings. The predicted octanol–water partition coefficient (Wildman–Crippen LogP) is 10.3. The highest BCUT2D eigenvalue weighted by Crippen LogP contribution is 2.15. The van der Waals surface area contributed by atoms with Crippen LogP contribution in [0.15, 0.2) is 0 Å². The standard InChI is InChI=1S/C35H68O5/c1-4-5-6-7-8-9-12-16-19-22-25-28-34(37)39-30-33(36)31-40-35(38)29-26-23-20-17-14-11-10-13-15-18-21-24-27-32(2)3/h32-33,36H,4-31H2,1-3H3/t33-/m0/s1. The molecule has 0 unspecified atom stereocenters. The second kappa shape index (κ2) is 30.8. The number of ether oxygens (including phenoxy) is 2. The molecule has 0 aromatic heterocycles. The number of hydrogen-bond donors (Lipinski definition) is 1. The van der Waals surface area contributed by atoms with Crippen LogP contribution in [-0.4, -0.2) is 36.4 Å². The molecule has 0 aromatic rings. The molecule has 40 heavy (non-hydrogen) atoms. The van der Waals surface area contributed by atoms with E-state index >= 15 is 0 Å². The zero-order chi connectivity index (χ0) is 29.5. The average molecular weight is 569 g/mol. The Bertz CT molecular complexity index is 548. The van der Waals surface area contributed by atoms with Crippen molar-refractivity contribution >= 4 is 11.9 Å². The van der Waals surface area contributed by atoms with Gasteiger partial charge in [-0.1, -0.05) is 162 Å². The Labute approximate surface area is 248 Å². The molecule has 0 amide bonds. The second-order valence-electron chi connectivity index (χ2n) is 12.5. The van der Waals surface area contributed by atoms with Crippen molar-refractivity contribution < 1.29 is 24.2 Å². The Morgan fingerprint density at radius 3 is 1.12 bits per heavy atom. The van der Waals surface area contributed by atoms with Crippen LogP contribution in [0.1, 0.15) is 188 Å². The lowest BCUT2D eigenvalue weighted by Gasteiger charge is -2.12. The first-order valence-electron chi connectivity index (χ1n) is 17.4. The summed E-state index contributed by atoms with van der Waals surface area (Å²) in [5.74, 6) is 0.286. The fraction of sp³-hybridized carbons (Fsp3) is 0.943. The molecule has 0 heterocycles. The van der Waals surface area contributed by atoms with Gasteiger partial charge in [0.2, 0.25) is 0 Å². The summed E-state index contributed by atoms with van der Waals surface area (Å²) in [6, 6.07) is 0. The van der Waals surface area contributed by atoms with Gasteiger partial charge in [0.05, 0.1) is 0 Å².